The van der Waals surface area contributed by atoms with E-state index in [9.17, 15) is 9.59 Å². The van der Waals surface area contributed by atoms with Crippen molar-refractivity contribution in [1.82, 2.24) is 0 Å². The van der Waals surface area contributed by atoms with Crippen LogP contribution in [0.4, 0.5) is 11.4 Å². The predicted octanol–water partition coefficient (Wildman–Crippen LogP) is 2.94. The molecule has 1 aromatic carbocycles. The van der Waals surface area contributed by atoms with Crippen molar-refractivity contribution in [3.63, 3.8) is 0 Å². The zero-order valence-corrected chi connectivity index (χ0v) is 11.3. The quantitative estimate of drug-likeness (QED) is 0.860. The number of rotatable bonds is 4. The first-order chi connectivity index (χ1) is 8.43. The summed E-state index contributed by atoms with van der Waals surface area (Å²) < 4.78 is 0. The first-order valence-electron chi connectivity index (χ1n) is 6.13. The number of carbonyl (C=O) groups excluding carboxylic acids is 2. The molecule has 4 nitrogen and oxygen atoms in total. The maximum atomic E-state index is 11.7. The Labute approximate surface area is 108 Å². The number of aryl methyl sites for hydroxylation is 1. The normalized spacial score (nSPS) is 11.8. The van der Waals surface area contributed by atoms with Crippen molar-refractivity contribution in [2.45, 2.75) is 34.1 Å². The average molecular weight is 248 g/mol. The van der Waals surface area contributed by atoms with Crippen LogP contribution in [0, 0.1) is 12.8 Å². The molecule has 0 fully saturated rings. The molecule has 4 heteroatoms. The van der Waals surface area contributed by atoms with Gasteiger partial charge < -0.3 is 10.6 Å². The van der Waals surface area contributed by atoms with Gasteiger partial charge in [0, 0.05) is 24.2 Å². The lowest BCUT2D eigenvalue weighted by atomic mass is 10.1. The van der Waals surface area contributed by atoms with E-state index in [0.717, 1.165) is 23.4 Å². The number of hydrogen-bond donors (Lipinski definition) is 2. The van der Waals surface area contributed by atoms with Gasteiger partial charge in [-0.15, -0.1) is 0 Å². The van der Waals surface area contributed by atoms with Crippen LogP contribution in [0.5, 0.6) is 0 Å². The van der Waals surface area contributed by atoms with Crippen molar-refractivity contribution in [3.8, 4) is 0 Å². The van der Waals surface area contributed by atoms with Crippen molar-refractivity contribution in [1.29, 1.82) is 0 Å². The topological polar surface area (TPSA) is 58.2 Å². The second-order valence-corrected chi connectivity index (χ2v) is 4.51. The van der Waals surface area contributed by atoms with Gasteiger partial charge in [-0.05, 0) is 37.1 Å². The number of carbonyl (C=O) groups is 2. The molecule has 1 rings (SSSR count). The van der Waals surface area contributed by atoms with E-state index in [0.29, 0.717) is 0 Å². The van der Waals surface area contributed by atoms with Crippen LogP contribution in [0.1, 0.15) is 32.8 Å². The molecule has 0 saturated heterocycles. The summed E-state index contributed by atoms with van der Waals surface area (Å²) in [6.45, 7) is 7.24. The number of anilines is 2. The fourth-order valence-electron chi connectivity index (χ4n) is 1.52. The fourth-order valence-corrected chi connectivity index (χ4v) is 1.52. The second-order valence-electron chi connectivity index (χ2n) is 4.51. The van der Waals surface area contributed by atoms with Gasteiger partial charge in [-0.1, -0.05) is 13.8 Å². The molecule has 0 aliphatic rings. The summed E-state index contributed by atoms with van der Waals surface area (Å²) in [5.74, 6) is -0.0843. The molecule has 1 atom stereocenters. The Hall–Kier alpha value is -1.84. The highest BCUT2D eigenvalue weighted by molar-refractivity contribution is 5.93. The molecule has 0 aliphatic heterocycles. The van der Waals surface area contributed by atoms with Gasteiger partial charge >= 0.3 is 0 Å². The first kappa shape index (κ1) is 14.2. The monoisotopic (exact) mass is 248 g/mol. The number of nitrogens with one attached hydrogen (secondary N) is 2. The minimum Gasteiger partial charge on any atom is -0.326 e. The molecule has 1 aromatic rings. The van der Waals surface area contributed by atoms with Crippen molar-refractivity contribution >= 4 is 23.2 Å². The Morgan fingerprint density at radius 2 is 1.94 bits per heavy atom. The molecule has 0 unspecified atom stereocenters. The lowest BCUT2D eigenvalue weighted by molar-refractivity contribution is -0.119. The third-order valence-electron chi connectivity index (χ3n) is 2.86. The third kappa shape index (κ3) is 3.87. The Morgan fingerprint density at radius 1 is 1.28 bits per heavy atom. The van der Waals surface area contributed by atoms with Crippen LogP contribution in [0.25, 0.3) is 0 Å². The van der Waals surface area contributed by atoms with Crippen LogP contribution >= 0.6 is 0 Å². The van der Waals surface area contributed by atoms with Crippen LogP contribution < -0.4 is 10.6 Å². The average Bonchev–Trinajstić information content (AvgIpc) is 2.31. The zero-order chi connectivity index (χ0) is 13.7. The number of amides is 2. The highest BCUT2D eigenvalue weighted by atomic mass is 16.2. The number of hydrogen-bond acceptors (Lipinski definition) is 2. The van der Waals surface area contributed by atoms with Crippen LogP contribution in [0.2, 0.25) is 0 Å². The van der Waals surface area contributed by atoms with Gasteiger partial charge in [0.2, 0.25) is 11.8 Å². The molecule has 0 heterocycles. The molecule has 2 N–H and O–H groups in total. The fraction of sp³-hybridized carbons (Fsp3) is 0.429. The summed E-state index contributed by atoms with van der Waals surface area (Å²) in [5.41, 5.74) is 2.45. The second kappa shape index (κ2) is 6.19. The summed E-state index contributed by atoms with van der Waals surface area (Å²) >= 11 is 0. The molecule has 0 aromatic heterocycles. The Morgan fingerprint density at radius 3 is 2.44 bits per heavy atom. The molecular formula is C14H20N2O2. The Kier molecular flexibility index (Phi) is 4.89. The van der Waals surface area contributed by atoms with E-state index in [4.69, 9.17) is 0 Å². The van der Waals surface area contributed by atoms with Gasteiger partial charge in [0.15, 0.2) is 0 Å². The molecule has 0 saturated carbocycles. The third-order valence-corrected chi connectivity index (χ3v) is 2.86. The molecule has 0 bridgehead atoms. The van der Waals surface area contributed by atoms with Crippen molar-refractivity contribution < 1.29 is 9.59 Å². The number of benzene rings is 1. The van der Waals surface area contributed by atoms with Gasteiger partial charge in [-0.2, -0.15) is 0 Å². The summed E-state index contributed by atoms with van der Waals surface area (Å²) in [7, 11) is 0. The minimum atomic E-state index is -0.102. The van der Waals surface area contributed by atoms with E-state index < -0.39 is 0 Å². The van der Waals surface area contributed by atoms with E-state index in [1.165, 1.54) is 6.92 Å². The molecule has 98 valence electrons. The Bertz CT molecular complexity index is 455. The van der Waals surface area contributed by atoms with Gasteiger partial charge in [0.1, 0.15) is 0 Å². The lowest BCUT2D eigenvalue weighted by Gasteiger charge is -2.12. The molecular weight excluding hydrogens is 228 g/mol. The van der Waals surface area contributed by atoms with Crippen LogP contribution in [0.3, 0.4) is 0 Å². The molecule has 0 aliphatic carbocycles. The molecule has 2 amide bonds. The van der Waals surface area contributed by atoms with Crippen LogP contribution in [-0.4, -0.2) is 11.8 Å². The molecule has 0 radical (unpaired) electrons. The van der Waals surface area contributed by atoms with E-state index >= 15 is 0 Å². The molecule has 18 heavy (non-hydrogen) atoms. The van der Waals surface area contributed by atoms with Gasteiger partial charge in [-0.25, -0.2) is 0 Å². The predicted molar refractivity (Wildman–Crippen MR) is 73.6 cm³/mol. The van der Waals surface area contributed by atoms with Crippen molar-refractivity contribution in [2.75, 3.05) is 10.6 Å². The Balaban J connectivity index is 2.78. The summed E-state index contributed by atoms with van der Waals surface area (Å²) in [6, 6.07) is 5.44. The van der Waals surface area contributed by atoms with E-state index in [-0.39, 0.29) is 17.7 Å². The maximum Gasteiger partial charge on any atom is 0.227 e. The lowest BCUT2D eigenvalue weighted by Crippen LogP contribution is -2.19. The summed E-state index contributed by atoms with van der Waals surface area (Å²) in [6.07, 6.45) is 0.814. The summed E-state index contributed by atoms with van der Waals surface area (Å²) in [5, 5.41) is 5.60. The van der Waals surface area contributed by atoms with Gasteiger partial charge in [0.05, 0.1) is 0 Å². The van der Waals surface area contributed by atoms with Crippen LogP contribution in [0.15, 0.2) is 18.2 Å². The zero-order valence-electron chi connectivity index (χ0n) is 11.3. The van der Waals surface area contributed by atoms with E-state index in [1.54, 1.807) is 12.1 Å². The SMILES string of the molecule is CC[C@@H](C)C(=O)Nc1ccc(NC(C)=O)c(C)c1. The smallest absolute Gasteiger partial charge is 0.227 e. The van der Waals surface area contributed by atoms with Crippen LogP contribution in [-0.2, 0) is 9.59 Å². The van der Waals surface area contributed by atoms with Gasteiger partial charge in [0.25, 0.3) is 0 Å². The van der Waals surface area contributed by atoms with Crippen molar-refractivity contribution in [2.24, 2.45) is 5.92 Å². The minimum absolute atomic E-state index is 0.000303. The highest BCUT2D eigenvalue weighted by Crippen LogP contribution is 2.20. The summed E-state index contributed by atoms with van der Waals surface area (Å²) in [4.78, 5) is 22.7. The maximum absolute atomic E-state index is 11.7. The highest BCUT2D eigenvalue weighted by Gasteiger charge is 2.11. The molecule has 0 spiro atoms. The van der Waals surface area contributed by atoms with E-state index in [2.05, 4.69) is 10.6 Å². The largest absolute Gasteiger partial charge is 0.326 e. The van der Waals surface area contributed by atoms with E-state index in [1.807, 2.05) is 26.8 Å². The first-order valence-corrected chi connectivity index (χ1v) is 6.13. The van der Waals surface area contributed by atoms with Gasteiger partial charge in [-0.3, -0.25) is 9.59 Å². The van der Waals surface area contributed by atoms with Crippen molar-refractivity contribution in [3.05, 3.63) is 23.8 Å². The standard InChI is InChI=1S/C14H20N2O2/c1-5-9(2)14(18)16-12-6-7-13(10(3)8-12)15-11(4)17/h6-9H,5H2,1-4H3,(H,15,17)(H,16,18)/t9-/m1/s1.